The fourth-order valence-electron chi connectivity index (χ4n) is 1.47. The smallest absolute Gasteiger partial charge is 0.296 e. The van der Waals surface area contributed by atoms with E-state index in [4.69, 9.17) is 0 Å². The van der Waals surface area contributed by atoms with Crippen molar-refractivity contribution in [2.24, 2.45) is 0 Å². The number of carbonyl (C=O) groups excluding carboxylic acids is 3. The third-order valence-electron chi connectivity index (χ3n) is 2.14. The number of hydrogen-bond donors (Lipinski definition) is 1. The Morgan fingerprint density at radius 3 is 2.73 bits per heavy atom. The number of amides is 1. The van der Waals surface area contributed by atoms with Crippen LogP contribution in [0, 0.1) is 0 Å². The lowest BCUT2D eigenvalue weighted by atomic mass is 10.1. The van der Waals surface area contributed by atoms with Gasteiger partial charge in [-0.2, -0.15) is 0 Å². The van der Waals surface area contributed by atoms with E-state index < -0.39 is 11.7 Å². The van der Waals surface area contributed by atoms with E-state index in [9.17, 15) is 14.4 Å². The van der Waals surface area contributed by atoms with Gasteiger partial charge >= 0.3 is 0 Å². The van der Waals surface area contributed by atoms with Gasteiger partial charge in [-0.15, -0.1) is 0 Å². The van der Waals surface area contributed by atoms with Gasteiger partial charge in [0.1, 0.15) is 6.29 Å². The lowest BCUT2D eigenvalue weighted by Gasteiger charge is -2.00. The quantitative estimate of drug-likeness (QED) is 0.441. The van der Waals surface area contributed by atoms with Crippen LogP contribution in [0.4, 0.5) is 5.69 Å². The first kappa shape index (κ1) is 9.33. The predicted octanol–water partition coefficient (Wildman–Crippen LogP) is 1.03. The van der Waals surface area contributed by atoms with Crippen molar-refractivity contribution in [3.63, 3.8) is 0 Å². The summed E-state index contributed by atoms with van der Waals surface area (Å²) in [6, 6.07) is 4.97. The Morgan fingerprint density at radius 2 is 2.00 bits per heavy atom. The predicted molar refractivity (Wildman–Crippen MR) is 54.5 cm³/mol. The number of rotatable bonds is 2. The molecule has 4 nitrogen and oxygen atoms in total. The van der Waals surface area contributed by atoms with E-state index in [2.05, 4.69) is 5.32 Å². The number of nitrogens with one attached hydrogen (secondary N) is 1. The molecule has 1 amide bonds. The van der Waals surface area contributed by atoms with E-state index in [1.807, 2.05) is 0 Å². The molecule has 0 saturated heterocycles. The first-order valence-corrected chi connectivity index (χ1v) is 4.34. The second-order valence-corrected chi connectivity index (χ2v) is 3.05. The van der Waals surface area contributed by atoms with Crippen LogP contribution in [0.1, 0.15) is 15.9 Å². The van der Waals surface area contributed by atoms with E-state index in [1.165, 1.54) is 6.08 Å². The highest BCUT2D eigenvalue weighted by molar-refractivity contribution is 6.52. The Morgan fingerprint density at radius 1 is 1.20 bits per heavy atom. The van der Waals surface area contributed by atoms with Gasteiger partial charge in [0, 0.05) is 0 Å². The molecule has 0 unspecified atom stereocenters. The first-order chi connectivity index (χ1) is 7.24. The van der Waals surface area contributed by atoms with Gasteiger partial charge in [-0.3, -0.25) is 14.4 Å². The van der Waals surface area contributed by atoms with Crippen LogP contribution in [0.25, 0.3) is 6.08 Å². The molecule has 1 N–H and O–H groups in total. The molecule has 1 aromatic rings. The minimum absolute atomic E-state index is 0.355. The molecule has 0 fully saturated rings. The molecule has 15 heavy (non-hydrogen) atoms. The fraction of sp³-hybridized carbons (Fsp3) is 0. The third-order valence-corrected chi connectivity index (χ3v) is 2.14. The topological polar surface area (TPSA) is 63.2 Å². The maximum Gasteiger partial charge on any atom is 0.296 e. The molecule has 1 aliphatic rings. The number of carbonyl (C=O) groups is 3. The van der Waals surface area contributed by atoms with Gasteiger partial charge < -0.3 is 5.32 Å². The summed E-state index contributed by atoms with van der Waals surface area (Å²) in [6.45, 7) is 0. The van der Waals surface area contributed by atoms with Gasteiger partial charge in [0.15, 0.2) is 0 Å². The number of ketones is 1. The average molecular weight is 201 g/mol. The summed E-state index contributed by atoms with van der Waals surface area (Å²) in [5, 5.41) is 2.47. The van der Waals surface area contributed by atoms with Crippen molar-refractivity contribution in [1.82, 2.24) is 0 Å². The number of anilines is 1. The molecule has 1 heterocycles. The summed E-state index contributed by atoms with van der Waals surface area (Å²) in [7, 11) is 0. The molecule has 0 saturated carbocycles. The summed E-state index contributed by atoms with van der Waals surface area (Å²) < 4.78 is 0. The molecule has 0 atom stereocenters. The summed E-state index contributed by atoms with van der Waals surface area (Å²) in [5.74, 6) is -1.16. The SMILES string of the molecule is O=CC=Cc1cccc2c1NC(=O)C2=O. The lowest BCUT2D eigenvalue weighted by Crippen LogP contribution is -2.12. The maximum absolute atomic E-state index is 11.3. The fourth-order valence-corrected chi connectivity index (χ4v) is 1.47. The Bertz CT molecular complexity index is 489. The Hall–Kier alpha value is -2.23. The lowest BCUT2D eigenvalue weighted by molar-refractivity contribution is -0.112. The minimum Gasteiger partial charge on any atom is -0.318 e. The van der Waals surface area contributed by atoms with Gasteiger partial charge in [0.2, 0.25) is 0 Å². The molecule has 1 aromatic carbocycles. The average Bonchev–Trinajstić information content (AvgIpc) is 2.53. The molecule has 0 bridgehead atoms. The number of hydrogen-bond acceptors (Lipinski definition) is 3. The number of aldehydes is 1. The van der Waals surface area contributed by atoms with Crippen LogP contribution in [0.2, 0.25) is 0 Å². The van der Waals surface area contributed by atoms with Gasteiger partial charge in [-0.1, -0.05) is 12.1 Å². The number of Topliss-reactive ketones (excluding diaryl/α,β-unsaturated/α-hetero) is 1. The molecule has 0 aliphatic carbocycles. The van der Waals surface area contributed by atoms with Crippen LogP contribution >= 0.6 is 0 Å². The van der Waals surface area contributed by atoms with Crippen molar-refractivity contribution in [3.8, 4) is 0 Å². The molecule has 0 radical (unpaired) electrons. The van der Waals surface area contributed by atoms with Crippen molar-refractivity contribution >= 4 is 29.7 Å². The molecule has 74 valence electrons. The molecule has 4 heteroatoms. The number of para-hydroxylation sites is 1. The van der Waals surface area contributed by atoms with Crippen molar-refractivity contribution in [3.05, 3.63) is 35.4 Å². The van der Waals surface area contributed by atoms with Crippen LogP contribution in [-0.4, -0.2) is 18.0 Å². The number of allylic oxidation sites excluding steroid dienone is 1. The van der Waals surface area contributed by atoms with Crippen LogP contribution in [-0.2, 0) is 9.59 Å². The third kappa shape index (κ3) is 1.46. The van der Waals surface area contributed by atoms with Crippen LogP contribution < -0.4 is 5.32 Å². The zero-order chi connectivity index (χ0) is 10.8. The van der Waals surface area contributed by atoms with Crippen LogP contribution in [0.5, 0.6) is 0 Å². The van der Waals surface area contributed by atoms with Crippen LogP contribution in [0.3, 0.4) is 0 Å². The van der Waals surface area contributed by atoms with Crippen molar-refractivity contribution in [2.75, 3.05) is 5.32 Å². The van der Waals surface area contributed by atoms with E-state index in [-0.39, 0.29) is 0 Å². The molecule has 1 aliphatic heterocycles. The summed E-state index contributed by atoms with van der Waals surface area (Å²) in [6.07, 6.45) is 3.49. The summed E-state index contributed by atoms with van der Waals surface area (Å²) >= 11 is 0. The second kappa shape index (κ2) is 3.49. The molecule has 2 rings (SSSR count). The van der Waals surface area contributed by atoms with E-state index in [0.717, 1.165) is 0 Å². The van der Waals surface area contributed by atoms with E-state index >= 15 is 0 Å². The molecule has 0 aromatic heterocycles. The molecular formula is C11H7NO3. The van der Waals surface area contributed by atoms with Crippen molar-refractivity contribution in [1.29, 1.82) is 0 Å². The second-order valence-electron chi connectivity index (χ2n) is 3.05. The highest BCUT2D eigenvalue weighted by atomic mass is 16.2. The highest BCUT2D eigenvalue weighted by Gasteiger charge is 2.28. The zero-order valence-electron chi connectivity index (χ0n) is 7.69. The monoisotopic (exact) mass is 201 g/mol. The molecule has 0 spiro atoms. The Kier molecular flexibility index (Phi) is 2.17. The normalized spacial score (nSPS) is 14.1. The largest absolute Gasteiger partial charge is 0.318 e. The van der Waals surface area contributed by atoms with Gasteiger partial charge in [-0.25, -0.2) is 0 Å². The van der Waals surface area contributed by atoms with E-state index in [1.54, 1.807) is 24.3 Å². The maximum atomic E-state index is 11.3. The highest BCUT2D eigenvalue weighted by Crippen LogP contribution is 2.27. The van der Waals surface area contributed by atoms with Crippen molar-refractivity contribution < 1.29 is 14.4 Å². The standard InChI is InChI=1S/C11H7NO3/c13-6-2-4-7-3-1-5-8-9(7)12-11(15)10(8)14/h1-6H,(H,12,14,15). The van der Waals surface area contributed by atoms with Gasteiger partial charge in [0.05, 0.1) is 11.3 Å². The zero-order valence-corrected chi connectivity index (χ0v) is 7.69. The number of benzene rings is 1. The van der Waals surface area contributed by atoms with Gasteiger partial charge in [-0.05, 0) is 23.8 Å². The van der Waals surface area contributed by atoms with Crippen molar-refractivity contribution in [2.45, 2.75) is 0 Å². The summed E-state index contributed by atoms with van der Waals surface area (Å²) in [4.78, 5) is 32.6. The molecular weight excluding hydrogens is 194 g/mol. The Labute approximate surface area is 85.6 Å². The summed E-state index contributed by atoms with van der Waals surface area (Å²) in [5.41, 5.74) is 1.48. The van der Waals surface area contributed by atoms with Gasteiger partial charge in [0.25, 0.3) is 11.7 Å². The van der Waals surface area contributed by atoms with E-state index in [0.29, 0.717) is 23.1 Å². The minimum atomic E-state index is -0.628. The first-order valence-electron chi connectivity index (χ1n) is 4.34. The Balaban J connectivity index is 2.54. The number of fused-ring (bicyclic) bond motifs is 1. The van der Waals surface area contributed by atoms with Crippen LogP contribution in [0.15, 0.2) is 24.3 Å².